The Morgan fingerprint density at radius 3 is 2.38 bits per heavy atom. The van der Waals surface area contributed by atoms with Gasteiger partial charge in [0.25, 0.3) is 0 Å². The molecule has 0 radical (unpaired) electrons. The van der Waals surface area contributed by atoms with E-state index in [0.717, 1.165) is 0 Å². The Morgan fingerprint density at radius 1 is 1.62 bits per heavy atom. The molecular formula is C9H18O3Si. The molecule has 0 aliphatic carbocycles. The highest BCUT2D eigenvalue weighted by atomic mass is 28.2. The summed E-state index contributed by atoms with van der Waals surface area (Å²) in [5, 5.41) is 8.70. The van der Waals surface area contributed by atoms with E-state index in [1.54, 1.807) is 13.0 Å². The lowest BCUT2D eigenvalue weighted by atomic mass is 9.85. The molecule has 3 nitrogen and oxygen atoms in total. The maximum Gasteiger partial charge on any atom is 0.330 e. The van der Waals surface area contributed by atoms with Crippen LogP contribution in [0.2, 0.25) is 0 Å². The Morgan fingerprint density at radius 2 is 2.08 bits per heavy atom. The van der Waals surface area contributed by atoms with Crippen LogP contribution in [0.1, 0.15) is 27.7 Å². The summed E-state index contributed by atoms with van der Waals surface area (Å²) in [5.41, 5.74) is 0.153. The van der Waals surface area contributed by atoms with Crippen LogP contribution in [0.25, 0.3) is 0 Å². The fourth-order valence-corrected chi connectivity index (χ4v) is 1.65. The van der Waals surface area contributed by atoms with Gasteiger partial charge in [-0.05, 0) is 13.8 Å². The first-order chi connectivity index (χ1) is 5.81. The normalized spacial score (nSPS) is 15.8. The SMILES string of the molecule is C/C(=C\C(C)(C)C(C)O[SiH3])C(=O)O. The monoisotopic (exact) mass is 202 g/mol. The van der Waals surface area contributed by atoms with Crippen LogP contribution in [0, 0.1) is 5.41 Å². The lowest BCUT2D eigenvalue weighted by Crippen LogP contribution is -2.27. The molecule has 4 heteroatoms. The molecule has 1 unspecified atom stereocenters. The molecule has 0 aromatic rings. The van der Waals surface area contributed by atoms with Crippen LogP contribution in [0.3, 0.4) is 0 Å². The van der Waals surface area contributed by atoms with Gasteiger partial charge in [-0.2, -0.15) is 0 Å². The summed E-state index contributed by atoms with van der Waals surface area (Å²) in [6, 6.07) is 0. The summed E-state index contributed by atoms with van der Waals surface area (Å²) in [4.78, 5) is 10.6. The maximum atomic E-state index is 10.6. The number of carboxylic acid groups (broad SMARTS) is 1. The quantitative estimate of drug-likeness (QED) is 0.540. The van der Waals surface area contributed by atoms with E-state index < -0.39 is 5.97 Å². The van der Waals surface area contributed by atoms with Crippen molar-refractivity contribution in [1.82, 2.24) is 0 Å². The largest absolute Gasteiger partial charge is 0.478 e. The number of carbonyl (C=O) groups is 1. The number of hydrogen-bond donors (Lipinski definition) is 1. The van der Waals surface area contributed by atoms with E-state index in [1.165, 1.54) is 0 Å². The molecule has 0 saturated heterocycles. The highest BCUT2D eigenvalue weighted by Gasteiger charge is 2.23. The van der Waals surface area contributed by atoms with Gasteiger partial charge < -0.3 is 9.53 Å². The third kappa shape index (κ3) is 3.74. The van der Waals surface area contributed by atoms with E-state index in [-0.39, 0.29) is 11.5 Å². The first-order valence-corrected chi connectivity index (χ1v) is 5.08. The third-order valence-electron chi connectivity index (χ3n) is 2.33. The Labute approximate surface area is 82.3 Å². The van der Waals surface area contributed by atoms with E-state index in [4.69, 9.17) is 9.53 Å². The van der Waals surface area contributed by atoms with Crippen LogP contribution in [0.15, 0.2) is 11.6 Å². The maximum absolute atomic E-state index is 10.6. The van der Waals surface area contributed by atoms with Gasteiger partial charge in [0, 0.05) is 17.1 Å². The van der Waals surface area contributed by atoms with Crippen molar-refractivity contribution in [1.29, 1.82) is 0 Å². The van der Waals surface area contributed by atoms with Gasteiger partial charge in [-0.3, -0.25) is 0 Å². The Hall–Kier alpha value is -0.613. The second-order valence-electron chi connectivity index (χ2n) is 3.83. The van der Waals surface area contributed by atoms with Crippen LogP contribution >= 0.6 is 0 Å². The van der Waals surface area contributed by atoms with Crippen molar-refractivity contribution in [3.63, 3.8) is 0 Å². The summed E-state index contributed by atoms with van der Waals surface area (Å²) < 4.78 is 5.30. The number of aliphatic carboxylic acids is 1. The minimum absolute atomic E-state index is 0.0634. The van der Waals surface area contributed by atoms with Crippen LogP contribution in [-0.2, 0) is 9.22 Å². The second kappa shape index (κ2) is 4.57. The highest BCUT2D eigenvalue weighted by Crippen LogP contribution is 2.25. The van der Waals surface area contributed by atoms with Gasteiger partial charge in [0.05, 0.1) is 0 Å². The zero-order valence-electron chi connectivity index (χ0n) is 8.92. The van der Waals surface area contributed by atoms with Crippen LogP contribution in [-0.4, -0.2) is 27.7 Å². The van der Waals surface area contributed by atoms with E-state index >= 15 is 0 Å². The van der Waals surface area contributed by atoms with Gasteiger partial charge in [-0.15, -0.1) is 0 Å². The van der Waals surface area contributed by atoms with Crippen molar-refractivity contribution in [2.24, 2.45) is 5.41 Å². The van der Waals surface area contributed by atoms with Crippen molar-refractivity contribution in [3.8, 4) is 0 Å². The molecule has 13 heavy (non-hydrogen) atoms. The van der Waals surface area contributed by atoms with E-state index in [0.29, 0.717) is 16.1 Å². The molecule has 0 bridgehead atoms. The van der Waals surface area contributed by atoms with Crippen molar-refractivity contribution >= 4 is 16.5 Å². The van der Waals surface area contributed by atoms with E-state index in [2.05, 4.69) is 0 Å². The molecule has 0 aromatic carbocycles. The summed E-state index contributed by atoms with van der Waals surface area (Å²) >= 11 is 0. The smallest absolute Gasteiger partial charge is 0.330 e. The average molecular weight is 202 g/mol. The molecule has 0 rings (SSSR count). The van der Waals surface area contributed by atoms with Crippen LogP contribution < -0.4 is 0 Å². The van der Waals surface area contributed by atoms with Gasteiger partial charge in [-0.25, -0.2) is 4.79 Å². The molecule has 0 saturated carbocycles. The molecule has 0 aliphatic heterocycles. The van der Waals surface area contributed by atoms with Crippen molar-refractivity contribution < 1.29 is 14.3 Å². The Bertz CT molecular complexity index is 221. The van der Waals surface area contributed by atoms with Gasteiger partial charge >= 0.3 is 5.97 Å². The highest BCUT2D eigenvalue weighted by molar-refractivity contribution is 5.98. The number of carboxylic acids is 1. The van der Waals surface area contributed by atoms with Crippen LogP contribution in [0.4, 0.5) is 0 Å². The molecule has 0 fully saturated rings. The minimum atomic E-state index is -0.867. The van der Waals surface area contributed by atoms with Crippen molar-refractivity contribution in [2.45, 2.75) is 33.8 Å². The predicted molar refractivity (Wildman–Crippen MR) is 55.7 cm³/mol. The summed E-state index contributed by atoms with van der Waals surface area (Å²) in [7, 11) is 0.674. The fourth-order valence-electron chi connectivity index (χ4n) is 1.04. The van der Waals surface area contributed by atoms with Gasteiger partial charge in [0.1, 0.15) is 10.5 Å². The lowest BCUT2D eigenvalue weighted by Gasteiger charge is -2.28. The lowest BCUT2D eigenvalue weighted by molar-refractivity contribution is -0.132. The predicted octanol–water partition coefficient (Wildman–Crippen LogP) is 0.729. The topological polar surface area (TPSA) is 46.5 Å². The van der Waals surface area contributed by atoms with Crippen molar-refractivity contribution in [3.05, 3.63) is 11.6 Å². The zero-order chi connectivity index (χ0) is 10.6. The average Bonchev–Trinajstić information content (AvgIpc) is 2.01. The summed E-state index contributed by atoms with van der Waals surface area (Å²) in [5.74, 6) is -0.867. The summed E-state index contributed by atoms with van der Waals surface area (Å²) in [6.07, 6.45) is 1.81. The molecule has 0 amide bonds. The molecular weight excluding hydrogens is 184 g/mol. The molecule has 0 aromatic heterocycles. The fraction of sp³-hybridized carbons (Fsp3) is 0.667. The van der Waals surface area contributed by atoms with Gasteiger partial charge in [0.2, 0.25) is 0 Å². The Kier molecular flexibility index (Phi) is 4.36. The third-order valence-corrected chi connectivity index (χ3v) is 3.03. The first-order valence-electron chi connectivity index (χ1n) is 4.27. The molecule has 0 aliphatic rings. The van der Waals surface area contributed by atoms with Crippen molar-refractivity contribution in [2.75, 3.05) is 0 Å². The second-order valence-corrected chi connectivity index (χ2v) is 4.30. The molecule has 1 N–H and O–H groups in total. The number of rotatable bonds is 4. The molecule has 0 spiro atoms. The van der Waals surface area contributed by atoms with Gasteiger partial charge in [-0.1, -0.05) is 19.9 Å². The molecule has 0 heterocycles. The zero-order valence-corrected chi connectivity index (χ0v) is 10.9. The van der Waals surface area contributed by atoms with E-state index in [9.17, 15) is 4.79 Å². The summed E-state index contributed by atoms with van der Waals surface area (Å²) in [6.45, 7) is 7.51. The first kappa shape index (κ1) is 12.4. The minimum Gasteiger partial charge on any atom is -0.478 e. The molecule has 76 valence electrons. The number of hydrogen-bond acceptors (Lipinski definition) is 2. The Balaban J connectivity index is 4.66. The standard InChI is InChI=1S/C9H18O3Si/c1-6(8(10)11)5-9(3,4)7(2)12-13/h5,7H,1-4,13H3,(H,10,11)/b6-5+. The van der Waals surface area contributed by atoms with E-state index in [1.807, 2.05) is 20.8 Å². The van der Waals surface area contributed by atoms with Gasteiger partial charge in [0.15, 0.2) is 0 Å². The van der Waals surface area contributed by atoms with Crippen LogP contribution in [0.5, 0.6) is 0 Å². The molecule has 1 atom stereocenters.